The molecule has 1 aromatic rings. The molecule has 104 valence electrons. The summed E-state index contributed by atoms with van der Waals surface area (Å²) in [7, 11) is 0. The highest BCUT2D eigenvalue weighted by molar-refractivity contribution is 5.47. The number of benzene rings is 1. The van der Waals surface area contributed by atoms with E-state index in [1.165, 1.54) is 6.07 Å². The molecule has 0 atom stereocenters. The highest BCUT2D eigenvalue weighted by Gasteiger charge is 2.40. The van der Waals surface area contributed by atoms with Crippen LogP contribution in [0.15, 0.2) is 18.2 Å². The molecule has 4 heteroatoms. The van der Waals surface area contributed by atoms with Gasteiger partial charge in [-0.25, -0.2) is 4.39 Å². The fourth-order valence-electron chi connectivity index (χ4n) is 2.96. The number of hydrogen-bond donors (Lipinski definition) is 1. The third-order valence-electron chi connectivity index (χ3n) is 4.04. The summed E-state index contributed by atoms with van der Waals surface area (Å²) >= 11 is 0. The van der Waals surface area contributed by atoms with Crippen molar-refractivity contribution in [3.05, 3.63) is 29.6 Å². The van der Waals surface area contributed by atoms with Crippen molar-refractivity contribution < 1.29 is 13.9 Å². The monoisotopic (exact) mass is 265 g/mol. The molecule has 1 N–H and O–H groups in total. The second kappa shape index (κ2) is 5.10. The van der Waals surface area contributed by atoms with E-state index in [0.717, 1.165) is 31.2 Å². The number of ether oxygens (including phenoxy) is 2. The van der Waals surface area contributed by atoms with Crippen molar-refractivity contribution in [1.82, 2.24) is 0 Å². The summed E-state index contributed by atoms with van der Waals surface area (Å²) in [6, 6.07) is 5.47. The molecule has 0 amide bonds. The Balaban J connectivity index is 1.61. The zero-order valence-electron chi connectivity index (χ0n) is 11.2. The van der Waals surface area contributed by atoms with E-state index in [4.69, 9.17) is 9.47 Å². The summed E-state index contributed by atoms with van der Waals surface area (Å²) < 4.78 is 25.1. The van der Waals surface area contributed by atoms with Gasteiger partial charge in [-0.2, -0.15) is 0 Å². The van der Waals surface area contributed by atoms with Gasteiger partial charge in [0.25, 0.3) is 0 Å². The molecule has 1 saturated heterocycles. The van der Waals surface area contributed by atoms with E-state index in [1.807, 2.05) is 13.0 Å². The molecule has 1 saturated carbocycles. The first-order valence-corrected chi connectivity index (χ1v) is 6.97. The topological polar surface area (TPSA) is 30.5 Å². The maximum Gasteiger partial charge on any atom is 0.168 e. The molecule has 3 nitrogen and oxygen atoms in total. The quantitative estimate of drug-likeness (QED) is 0.890. The van der Waals surface area contributed by atoms with Crippen molar-refractivity contribution >= 4 is 5.69 Å². The number of halogens is 1. The van der Waals surface area contributed by atoms with Crippen molar-refractivity contribution in [3.8, 4) is 0 Å². The van der Waals surface area contributed by atoms with E-state index in [1.54, 1.807) is 6.07 Å². The molecule has 19 heavy (non-hydrogen) atoms. The minimum absolute atomic E-state index is 0.181. The van der Waals surface area contributed by atoms with Crippen molar-refractivity contribution in [2.75, 3.05) is 18.5 Å². The summed E-state index contributed by atoms with van der Waals surface area (Å²) in [4.78, 5) is 0. The minimum atomic E-state index is -0.344. The van der Waals surface area contributed by atoms with Crippen LogP contribution >= 0.6 is 0 Å². The first-order chi connectivity index (χ1) is 9.17. The maximum absolute atomic E-state index is 13.7. The second-order valence-corrected chi connectivity index (χ2v) is 5.51. The van der Waals surface area contributed by atoms with E-state index < -0.39 is 0 Å². The van der Waals surface area contributed by atoms with Crippen LogP contribution in [0.1, 0.15) is 31.2 Å². The summed E-state index contributed by atoms with van der Waals surface area (Å²) in [6.07, 6.45) is 3.68. The fraction of sp³-hybridized carbons (Fsp3) is 0.600. The Morgan fingerprint density at radius 3 is 2.58 bits per heavy atom. The van der Waals surface area contributed by atoms with E-state index in [9.17, 15) is 4.39 Å². The summed E-state index contributed by atoms with van der Waals surface area (Å²) in [5, 5.41) is 3.31. The highest BCUT2D eigenvalue weighted by Crippen LogP contribution is 2.36. The van der Waals surface area contributed by atoms with Crippen LogP contribution in [0.4, 0.5) is 10.1 Å². The fourth-order valence-corrected chi connectivity index (χ4v) is 2.96. The van der Waals surface area contributed by atoms with E-state index in [0.29, 0.717) is 24.9 Å². The normalized spacial score (nSPS) is 22.8. The van der Waals surface area contributed by atoms with Crippen molar-refractivity contribution in [1.29, 1.82) is 0 Å². The molecular weight excluding hydrogens is 245 g/mol. The van der Waals surface area contributed by atoms with Crippen LogP contribution in [0.5, 0.6) is 0 Å². The molecule has 1 spiro atoms. The first kappa shape index (κ1) is 12.9. The van der Waals surface area contributed by atoms with Gasteiger partial charge >= 0.3 is 0 Å². The summed E-state index contributed by atoms with van der Waals surface area (Å²) in [5.41, 5.74) is 1.67. The average molecular weight is 265 g/mol. The van der Waals surface area contributed by atoms with Crippen LogP contribution in [0, 0.1) is 12.7 Å². The Morgan fingerprint density at radius 2 is 1.89 bits per heavy atom. The van der Waals surface area contributed by atoms with Crippen LogP contribution in [0.2, 0.25) is 0 Å². The smallest absolute Gasteiger partial charge is 0.168 e. The van der Waals surface area contributed by atoms with Gasteiger partial charge in [-0.1, -0.05) is 6.07 Å². The number of hydrogen-bond acceptors (Lipinski definition) is 3. The first-order valence-electron chi connectivity index (χ1n) is 6.97. The summed E-state index contributed by atoms with van der Waals surface area (Å²) in [6.45, 7) is 3.37. The van der Waals surface area contributed by atoms with Crippen molar-refractivity contribution in [2.45, 2.75) is 44.4 Å². The summed E-state index contributed by atoms with van der Waals surface area (Å²) in [5.74, 6) is -0.525. The maximum atomic E-state index is 13.7. The molecular formula is C15H20FNO2. The van der Waals surface area contributed by atoms with Gasteiger partial charge in [0.1, 0.15) is 5.82 Å². The molecule has 0 aromatic heterocycles. The number of rotatable bonds is 2. The lowest BCUT2D eigenvalue weighted by Crippen LogP contribution is -2.39. The van der Waals surface area contributed by atoms with Crippen LogP contribution in [-0.4, -0.2) is 25.0 Å². The van der Waals surface area contributed by atoms with Gasteiger partial charge in [-0.3, -0.25) is 0 Å². The lowest BCUT2D eigenvalue weighted by molar-refractivity contribution is -0.177. The van der Waals surface area contributed by atoms with Gasteiger partial charge in [0.15, 0.2) is 5.79 Å². The third-order valence-corrected chi connectivity index (χ3v) is 4.04. The highest BCUT2D eigenvalue weighted by atomic mass is 19.1. The van der Waals surface area contributed by atoms with Gasteiger partial charge in [0.2, 0.25) is 0 Å². The van der Waals surface area contributed by atoms with E-state index in [-0.39, 0.29) is 11.6 Å². The average Bonchev–Trinajstić information content (AvgIpc) is 2.85. The lowest BCUT2D eigenvalue weighted by atomic mass is 9.90. The largest absolute Gasteiger partial charge is 0.380 e. The Labute approximate surface area is 113 Å². The van der Waals surface area contributed by atoms with Crippen LogP contribution in [0.25, 0.3) is 0 Å². The molecule has 0 radical (unpaired) electrons. The Kier molecular flexibility index (Phi) is 3.46. The molecule has 1 aliphatic carbocycles. The molecule has 0 bridgehead atoms. The Morgan fingerprint density at radius 1 is 1.21 bits per heavy atom. The molecule has 2 aliphatic rings. The zero-order chi connectivity index (χ0) is 13.3. The number of nitrogens with one attached hydrogen (secondary N) is 1. The predicted molar refractivity (Wildman–Crippen MR) is 71.7 cm³/mol. The van der Waals surface area contributed by atoms with Crippen LogP contribution in [0.3, 0.4) is 0 Å². The number of anilines is 1. The minimum Gasteiger partial charge on any atom is -0.380 e. The third kappa shape index (κ3) is 2.74. The van der Waals surface area contributed by atoms with Gasteiger partial charge in [-0.15, -0.1) is 0 Å². The van der Waals surface area contributed by atoms with E-state index >= 15 is 0 Å². The van der Waals surface area contributed by atoms with Crippen LogP contribution in [-0.2, 0) is 9.47 Å². The zero-order valence-corrected chi connectivity index (χ0v) is 11.2. The van der Waals surface area contributed by atoms with Gasteiger partial charge in [0, 0.05) is 18.9 Å². The Bertz CT molecular complexity index is 447. The number of aryl methyl sites for hydroxylation is 1. The molecule has 1 aromatic carbocycles. The van der Waals surface area contributed by atoms with Gasteiger partial charge in [0.05, 0.1) is 18.9 Å². The van der Waals surface area contributed by atoms with Gasteiger partial charge in [-0.05, 0) is 37.5 Å². The Hall–Kier alpha value is -1.13. The molecule has 3 rings (SSSR count). The standard InChI is InChI=1S/C15H20FNO2/c1-11-2-3-13(16)14(10-11)17-12-4-6-15(7-5-12)18-8-9-19-15/h2-3,10,12,17H,4-9H2,1H3. The molecule has 1 heterocycles. The predicted octanol–water partition coefficient (Wildman–Crippen LogP) is 3.23. The van der Waals surface area contributed by atoms with Gasteiger partial charge < -0.3 is 14.8 Å². The van der Waals surface area contributed by atoms with Crippen LogP contribution < -0.4 is 5.32 Å². The second-order valence-electron chi connectivity index (χ2n) is 5.51. The molecule has 2 fully saturated rings. The molecule has 0 unspecified atom stereocenters. The van der Waals surface area contributed by atoms with Crippen molar-refractivity contribution in [3.63, 3.8) is 0 Å². The van der Waals surface area contributed by atoms with Crippen molar-refractivity contribution in [2.24, 2.45) is 0 Å². The lowest BCUT2D eigenvalue weighted by Gasteiger charge is -2.36. The molecule has 1 aliphatic heterocycles. The van der Waals surface area contributed by atoms with E-state index in [2.05, 4.69) is 5.32 Å². The SMILES string of the molecule is Cc1ccc(F)c(NC2CCC3(CC2)OCCO3)c1.